The molecule has 0 radical (unpaired) electrons. The number of ether oxygens (including phenoxy) is 1. The summed E-state index contributed by atoms with van der Waals surface area (Å²) < 4.78 is 38.5. The largest absolute Gasteiger partial charge is 0.508 e. The zero-order valence-electron chi connectivity index (χ0n) is 14.3. The lowest BCUT2D eigenvalue weighted by Gasteiger charge is -2.11. The maximum Gasteiger partial charge on any atom is 0.298 e. The van der Waals surface area contributed by atoms with Gasteiger partial charge in [-0.25, -0.2) is 0 Å². The smallest absolute Gasteiger partial charge is 0.298 e. The molecule has 0 saturated heterocycles. The van der Waals surface area contributed by atoms with Gasteiger partial charge in [0.1, 0.15) is 22.1 Å². The van der Waals surface area contributed by atoms with Crippen LogP contribution in [-0.4, -0.2) is 18.1 Å². The highest BCUT2D eigenvalue weighted by atomic mass is 32.2. The Morgan fingerprint density at radius 1 is 1.00 bits per heavy atom. The van der Waals surface area contributed by atoms with Crippen LogP contribution in [0.5, 0.6) is 17.2 Å². The van der Waals surface area contributed by atoms with Gasteiger partial charge in [-0.2, -0.15) is 8.42 Å². The van der Waals surface area contributed by atoms with Crippen molar-refractivity contribution in [2.75, 3.05) is 0 Å². The Morgan fingerprint density at radius 2 is 1.76 bits per heavy atom. The molecule has 0 spiro atoms. The van der Waals surface area contributed by atoms with Crippen molar-refractivity contribution < 1.29 is 22.8 Å². The van der Waals surface area contributed by atoms with Crippen LogP contribution in [-0.2, 0) is 16.5 Å². The lowest BCUT2D eigenvalue weighted by atomic mass is 10.1. The van der Waals surface area contributed by atoms with E-state index in [1.165, 1.54) is 43.5 Å². The SMILES string of the molecule is CCCCCCCc1ccc(Oc2cccc(O)c2)c(S(=O)(=O)O)c1. The quantitative estimate of drug-likeness (QED) is 0.486. The van der Waals surface area contributed by atoms with Gasteiger partial charge >= 0.3 is 0 Å². The number of benzene rings is 2. The van der Waals surface area contributed by atoms with Crippen LogP contribution in [0.3, 0.4) is 0 Å². The average Bonchev–Trinajstić information content (AvgIpc) is 2.55. The number of phenolic OH excluding ortho intramolecular Hbond substituents is 1. The molecule has 0 bridgehead atoms. The van der Waals surface area contributed by atoms with E-state index in [0.717, 1.165) is 24.8 Å². The molecule has 136 valence electrons. The summed E-state index contributed by atoms with van der Waals surface area (Å²) in [6, 6.07) is 10.8. The van der Waals surface area contributed by atoms with Crippen LogP contribution in [0.2, 0.25) is 0 Å². The number of hydrogen-bond donors (Lipinski definition) is 2. The van der Waals surface area contributed by atoms with Crippen LogP contribution in [0.15, 0.2) is 47.4 Å². The van der Waals surface area contributed by atoms with Gasteiger partial charge in [0.2, 0.25) is 0 Å². The number of hydrogen-bond acceptors (Lipinski definition) is 4. The van der Waals surface area contributed by atoms with Gasteiger partial charge < -0.3 is 9.84 Å². The normalized spacial score (nSPS) is 11.4. The van der Waals surface area contributed by atoms with E-state index < -0.39 is 10.1 Å². The monoisotopic (exact) mass is 364 g/mol. The number of aryl methyl sites for hydroxylation is 1. The molecule has 0 heterocycles. The van der Waals surface area contributed by atoms with E-state index >= 15 is 0 Å². The van der Waals surface area contributed by atoms with Crippen molar-refractivity contribution in [1.82, 2.24) is 0 Å². The summed E-state index contributed by atoms with van der Waals surface area (Å²) in [5.41, 5.74) is 0.840. The number of rotatable bonds is 9. The summed E-state index contributed by atoms with van der Waals surface area (Å²) in [7, 11) is -4.41. The minimum absolute atomic E-state index is 0.00889. The summed E-state index contributed by atoms with van der Waals surface area (Å²) in [5, 5.41) is 9.48. The minimum Gasteiger partial charge on any atom is -0.508 e. The summed E-state index contributed by atoms with van der Waals surface area (Å²) >= 11 is 0. The second kappa shape index (κ2) is 8.87. The van der Waals surface area contributed by atoms with E-state index in [-0.39, 0.29) is 22.1 Å². The molecular formula is C19H24O5S. The lowest BCUT2D eigenvalue weighted by Crippen LogP contribution is -2.02. The first-order valence-corrected chi connectivity index (χ1v) is 9.91. The molecule has 5 nitrogen and oxygen atoms in total. The van der Waals surface area contributed by atoms with E-state index in [4.69, 9.17) is 4.74 Å². The van der Waals surface area contributed by atoms with Gasteiger partial charge in [-0.15, -0.1) is 0 Å². The van der Waals surface area contributed by atoms with E-state index in [0.29, 0.717) is 0 Å². The van der Waals surface area contributed by atoms with Crippen molar-refractivity contribution in [3.63, 3.8) is 0 Å². The van der Waals surface area contributed by atoms with Crippen molar-refractivity contribution in [2.45, 2.75) is 50.3 Å². The third-order valence-electron chi connectivity index (χ3n) is 3.90. The minimum atomic E-state index is -4.41. The second-order valence-electron chi connectivity index (χ2n) is 6.02. The molecule has 0 unspecified atom stereocenters. The van der Waals surface area contributed by atoms with Crippen LogP contribution < -0.4 is 4.74 Å². The highest BCUT2D eigenvalue weighted by Gasteiger charge is 2.18. The Kier molecular flexibility index (Phi) is 6.84. The van der Waals surface area contributed by atoms with E-state index in [2.05, 4.69) is 6.92 Å². The molecule has 2 N–H and O–H groups in total. The van der Waals surface area contributed by atoms with Crippen LogP contribution in [0.4, 0.5) is 0 Å². The first-order valence-electron chi connectivity index (χ1n) is 8.47. The fourth-order valence-corrected chi connectivity index (χ4v) is 3.26. The standard InChI is InChI=1S/C19H24O5S/c1-2-3-4-5-6-8-15-11-12-18(19(13-15)25(21,22)23)24-17-10-7-9-16(20)14-17/h7,9-14,20H,2-6,8H2,1H3,(H,21,22,23). The molecule has 0 saturated carbocycles. The van der Waals surface area contributed by atoms with Crippen LogP contribution in [0, 0.1) is 0 Å². The summed E-state index contributed by atoms with van der Waals surface area (Å²) in [5.74, 6) is 0.328. The van der Waals surface area contributed by atoms with E-state index in [9.17, 15) is 18.1 Å². The number of phenols is 1. The van der Waals surface area contributed by atoms with Gasteiger partial charge in [0.05, 0.1) is 0 Å². The fourth-order valence-electron chi connectivity index (χ4n) is 2.60. The lowest BCUT2D eigenvalue weighted by molar-refractivity contribution is 0.440. The Morgan fingerprint density at radius 3 is 2.44 bits per heavy atom. The predicted octanol–water partition coefficient (Wildman–Crippen LogP) is 4.94. The Balaban J connectivity index is 2.17. The highest BCUT2D eigenvalue weighted by molar-refractivity contribution is 7.86. The first kappa shape index (κ1) is 19.3. The van der Waals surface area contributed by atoms with Crippen LogP contribution in [0.1, 0.15) is 44.6 Å². The number of aromatic hydroxyl groups is 1. The van der Waals surface area contributed by atoms with Gasteiger partial charge in [-0.3, -0.25) is 4.55 Å². The average molecular weight is 364 g/mol. The number of unbranched alkanes of at least 4 members (excludes halogenated alkanes) is 4. The molecule has 6 heteroatoms. The zero-order chi connectivity index (χ0) is 18.3. The summed E-state index contributed by atoms with van der Waals surface area (Å²) in [6.45, 7) is 2.16. The molecule has 0 aromatic heterocycles. The molecule has 0 aliphatic heterocycles. The Labute approximate surface area is 149 Å². The maximum atomic E-state index is 11.7. The molecule has 0 atom stereocenters. The molecule has 0 fully saturated rings. The fraction of sp³-hybridized carbons (Fsp3) is 0.368. The predicted molar refractivity (Wildman–Crippen MR) is 96.9 cm³/mol. The van der Waals surface area contributed by atoms with Gasteiger partial charge in [0, 0.05) is 6.07 Å². The van der Waals surface area contributed by atoms with Crippen LogP contribution in [0.25, 0.3) is 0 Å². The molecular weight excluding hydrogens is 340 g/mol. The maximum absolute atomic E-state index is 11.7. The molecule has 2 aromatic carbocycles. The van der Waals surface area contributed by atoms with E-state index in [1.54, 1.807) is 18.2 Å². The van der Waals surface area contributed by atoms with Crippen molar-refractivity contribution >= 4 is 10.1 Å². The molecule has 25 heavy (non-hydrogen) atoms. The van der Waals surface area contributed by atoms with Gasteiger partial charge in [-0.05, 0) is 42.7 Å². The van der Waals surface area contributed by atoms with Crippen molar-refractivity contribution in [2.24, 2.45) is 0 Å². The molecule has 0 amide bonds. The third-order valence-corrected chi connectivity index (χ3v) is 4.78. The molecule has 2 aromatic rings. The zero-order valence-corrected chi connectivity index (χ0v) is 15.1. The van der Waals surface area contributed by atoms with Crippen LogP contribution >= 0.6 is 0 Å². The molecule has 0 aliphatic carbocycles. The topological polar surface area (TPSA) is 83.8 Å². The highest BCUT2D eigenvalue weighted by Crippen LogP contribution is 2.31. The second-order valence-corrected chi connectivity index (χ2v) is 7.41. The Bertz CT molecular complexity index is 799. The first-order chi connectivity index (χ1) is 11.9. The Hall–Kier alpha value is -2.05. The summed E-state index contributed by atoms with van der Waals surface area (Å²) in [4.78, 5) is -0.262. The van der Waals surface area contributed by atoms with Crippen molar-refractivity contribution in [3.8, 4) is 17.2 Å². The molecule has 2 rings (SSSR count). The van der Waals surface area contributed by atoms with Crippen molar-refractivity contribution in [3.05, 3.63) is 48.0 Å². The van der Waals surface area contributed by atoms with Crippen molar-refractivity contribution in [1.29, 1.82) is 0 Å². The van der Waals surface area contributed by atoms with E-state index in [1.807, 2.05) is 0 Å². The summed E-state index contributed by atoms with van der Waals surface area (Å²) in [6.07, 6.45) is 6.36. The van der Waals surface area contributed by atoms with Gasteiger partial charge in [0.25, 0.3) is 10.1 Å². The van der Waals surface area contributed by atoms with Gasteiger partial charge in [0.15, 0.2) is 0 Å². The molecule has 0 aliphatic rings. The van der Waals surface area contributed by atoms with Gasteiger partial charge in [-0.1, -0.05) is 44.7 Å². The third kappa shape index (κ3) is 6.07.